The quantitative estimate of drug-likeness (QED) is 0.532. The predicted octanol–water partition coefficient (Wildman–Crippen LogP) is 5.00. The molecule has 3 heteroatoms. The summed E-state index contributed by atoms with van der Waals surface area (Å²) in [7, 11) is 0. The molecule has 0 unspecified atom stereocenters. The molecule has 0 amide bonds. The number of carboxylic acids is 1. The number of ether oxygens (including phenoxy) is 1. The van der Waals surface area contributed by atoms with Gasteiger partial charge in [0.15, 0.2) is 0 Å². The van der Waals surface area contributed by atoms with Crippen LogP contribution in [0.3, 0.4) is 0 Å². The van der Waals surface area contributed by atoms with Crippen LogP contribution in [0.2, 0.25) is 0 Å². The zero-order chi connectivity index (χ0) is 16.9. The lowest BCUT2D eigenvalue weighted by atomic mass is 9.99. The Kier molecular flexibility index (Phi) is 4.43. The molecule has 0 radical (unpaired) electrons. The van der Waals surface area contributed by atoms with Gasteiger partial charge in [0.05, 0.1) is 0 Å². The fraction of sp³-hybridized carbons (Fsp3) is 0. The Labute approximate surface area is 140 Å². The molecule has 0 atom stereocenters. The van der Waals surface area contributed by atoms with E-state index in [-0.39, 0.29) is 5.76 Å². The summed E-state index contributed by atoms with van der Waals surface area (Å²) < 4.78 is 5.53. The van der Waals surface area contributed by atoms with Gasteiger partial charge in [0.1, 0.15) is 5.75 Å². The molecule has 3 nitrogen and oxygen atoms in total. The number of rotatable bonds is 5. The molecule has 0 spiro atoms. The molecule has 0 aromatic heterocycles. The van der Waals surface area contributed by atoms with Crippen molar-refractivity contribution in [3.63, 3.8) is 0 Å². The van der Waals surface area contributed by atoms with Crippen LogP contribution in [-0.2, 0) is 4.79 Å². The Morgan fingerprint density at radius 1 is 0.792 bits per heavy atom. The van der Waals surface area contributed by atoms with Gasteiger partial charge >= 0.3 is 5.97 Å². The molecule has 0 bridgehead atoms. The topological polar surface area (TPSA) is 46.5 Å². The van der Waals surface area contributed by atoms with E-state index in [0.717, 1.165) is 22.3 Å². The van der Waals surface area contributed by atoms with Crippen LogP contribution in [0.5, 0.6) is 5.75 Å². The Morgan fingerprint density at radius 2 is 1.38 bits per heavy atom. The third-order valence-corrected chi connectivity index (χ3v) is 3.65. The maximum atomic E-state index is 11.1. The van der Waals surface area contributed by atoms with Crippen molar-refractivity contribution >= 4 is 5.97 Å². The van der Waals surface area contributed by atoms with Crippen LogP contribution in [-0.4, -0.2) is 11.1 Å². The summed E-state index contributed by atoms with van der Waals surface area (Å²) in [6, 6.07) is 25.3. The Bertz CT molecular complexity index is 868. The van der Waals surface area contributed by atoms with Crippen molar-refractivity contribution in [3.8, 4) is 28.0 Å². The van der Waals surface area contributed by atoms with E-state index in [1.54, 1.807) is 0 Å². The van der Waals surface area contributed by atoms with Crippen molar-refractivity contribution in [1.82, 2.24) is 0 Å². The monoisotopic (exact) mass is 316 g/mol. The van der Waals surface area contributed by atoms with Crippen LogP contribution in [0.25, 0.3) is 22.3 Å². The molecular weight excluding hydrogens is 300 g/mol. The summed E-state index contributed by atoms with van der Waals surface area (Å²) in [5.41, 5.74) is 3.74. The van der Waals surface area contributed by atoms with E-state index in [4.69, 9.17) is 9.84 Å². The first-order chi connectivity index (χ1) is 11.6. The van der Waals surface area contributed by atoms with E-state index in [1.165, 1.54) is 0 Å². The molecule has 3 aromatic rings. The van der Waals surface area contributed by atoms with Gasteiger partial charge < -0.3 is 9.84 Å². The van der Waals surface area contributed by atoms with Gasteiger partial charge in [-0.15, -0.1) is 0 Å². The highest BCUT2D eigenvalue weighted by Crippen LogP contribution is 2.35. The first-order valence-electron chi connectivity index (χ1n) is 7.50. The van der Waals surface area contributed by atoms with Gasteiger partial charge in [0.2, 0.25) is 5.76 Å². The summed E-state index contributed by atoms with van der Waals surface area (Å²) >= 11 is 0. The summed E-state index contributed by atoms with van der Waals surface area (Å²) in [6.45, 7) is 3.46. The molecule has 3 aromatic carbocycles. The van der Waals surface area contributed by atoms with E-state index in [1.807, 2.05) is 78.9 Å². The van der Waals surface area contributed by atoms with Gasteiger partial charge in [0, 0.05) is 5.56 Å². The standard InChI is InChI=1S/C21H16O3/c1-15(21(22)23)24-20-14-18(16-8-4-2-5-9-16)12-13-19(20)17-10-6-3-7-11-17/h2-14H,1H2,(H,22,23). The van der Waals surface area contributed by atoms with Gasteiger partial charge in [-0.25, -0.2) is 4.79 Å². The van der Waals surface area contributed by atoms with Crippen LogP contribution < -0.4 is 4.74 Å². The van der Waals surface area contributed by atoms with Gasteiger partial charge in [-0.05, 0) is 29.3 Å². The summed E-state index contributed by atoms with van der Waals surface area (Å²) in [6.07, 6.45) is 0. The SMILES string of the molecule is C=C(Oc1cc(-c2ccccc2)ccc1-c1ccccc1)C(=O)O. The molecule has 3 rings (SSSR count). The lowest BCUT2D eigenvalue weighted by molar-refractivity contribution is -0.135. The van der Waals surface area contributed by atoms with Crippen molar-refractivity contribution < 1.29 is 14.6 Å². The molecule has 0 aliphatic carbocycles. The number of carboxylic acid groups (broad SMARTS) is 1. The van der Waals surface area contributed by atoms with Crippen molar-refractivity contribution in [1.29, 1.82) is 0 Å². The van der Waals surface area contributed by atoms with E-state index in [2.05, 4.69) is 6.58 Å². The van der Waals surface area contributed by atoms with E-state index >= 15 is 0 Å². The van der Waals surface area contributed by atoms with Crippen molar-refractivity contribution in [3.05, 3.63) is 91.2 Å². The second kappa shape index (κ2) is 6.84. The minimum atomic E-state index is -1.18. The molecule has 24 heavy (non-hydrogen) atoms. The number of carbonyl (C=O) groups is 1. The molecular formula is C21H16O3. The normalized spacial score (nSPS) is 10.2. The van der Waals surface area contributed by atoms with Crippen LogP contribution >= 0.6 is 0 Å². The van der Waals surface area contributed by atoms with Crippen LogP contribution in [0.1, 0.15) is 0 Å². The second-order valence-electron chi connectivity index (χ2n) is 5.27. The molecule has 0 saturated carbocycles. The lowest BCUT2D eigenvalue weighted by Crippen LogP contribution is -2.06. The summed E-state index contributed by atoms with van der Waals surface area (Å²) in [5.74, 6) is -1.02. The molecule has 118 valence electrons. The summed E-state index contributed by atoms with van der Waals surface area (Å²) in [4.78, 5) is 11.1. The van der Waals surface area contributed by atoms with E-state index in [0.29, 0.717) is 5.75 Å². The van der Waals surface area contributed by atoms with E-state index < -0.39 is 5.97 Å². The van der Waals surface area contributed by atoms with Gasteiger partial charge in [0.25, 0.3) is 0 Å². The highest BCUT2D eigenvalue weighted by molar-refractivity contribution is 5.85. The fourth-order valence-corrected chi connectivity index (χ4v) is 2.45. The van der Waals surface area contributed by atoms with Gasteiger partial charge in [-0.3, -0.25) is 0 Å². The Hall–Kier alpha value is -3.33. The van der Waals surface area contributed by atoms with Crippen molar-refractivity contribution in [2.75, 3.05) is 0 Å². The Balaban J connectivity index is 2.09. The van der Waals surface area contributed by atoms with Crippen molar-refractivity contribution in [2.45, 2.75) is 0 Å². The lowest BCUT2D eigenvalue weighted by Gasteiger charge is -2.13. The fourth-order valence-electron chi connectivity index (χ4n) is 2.45. The molecule has 0 aliphatic rings. The average molecular weight is 316 g/mol. The highest BCUT2D eigenvalue weighted by Gasteiger charge is 2.13. The predicted molar refractivity (Wildman–Crippen MR) is 94.7 cm³/mol. The number of aliphatic carboxylic acids is 1. The van der Waals surface area contributed by atoms with E-state index in [9.17, 15) is 4.79 Å². The Morgan fingerprint density at radius 3 is 1.96 bits per heavy atom. The maximum Gasteiger partial charge on any atom is 0.371 e. The number of hydrogen-bond donors (Lipinski definition) is 1. The highest BCUT2D eigenvalue weighted by atomic mass is 16.5. The zero-order valence-corrected chi connectivity index (χ0v) is 13.0. The second-order valence-corrected chi connectivity index (χ2v) is 5.27. The maximum absolute atomic E-state index is 11.1. The van der Waals surface area contributed by atoms with Crippen molar-refractivity contribution in [2.24, 2.45) is 0 Å². The molecule has 1 N–H and O–H groups in total. The van der Waals surface area contributed by atoms with Crippen LogP contribution in [0.4, 0.5) is 0 Å². The first kappa shape index (κ1) is 15.6. The average Bonchev–Trinajstić information content (AvgIpc) is 2.63. The number of hydrogen-bond acceptors (Lipinski definition) is 2. The third-order valence-electron chi connectivity index (χ3n) is 3.65. The first-order valence-corrected chi connectivity index (χ1v) is 7.50. The molecule has 0 saturated heterocycles. The minimum Gasteiger partial charge on any atom is -0.475 e. The van der Waals surface area contributed by atoms with Crippen LogP contribution in [0, 0.1) is 0 Å². The van der Waals surface area contributed by atoms with Crippen LogP contribution in [0.15, 0.2) is 91.2 Å². The summed E-state index contributed by atoms with van der Waals surface area (Å²) in [5, 5.41) is 9.07. The zero-order valence-electron chi connectivity index (χ0n) is 13.0. The molecule has 0 aliphatic heterocycles. The van der Waals surface area contributed by atoms with Gasteiger partial charge in [-0.2, -0.15) is 0 Å². The smallest absolute Gasteiger partial charge is 0.371 e. The molecule has 0 heterocycles. The largest absolute Gasteiger partial charge is 0.475 e. The molecule has 0 fully saturated rings. The number of benzene rings is 3. The minimum absolute atomic E-state index is 0.308. The third kappa shape index (κ3) is 3.36. The van der Waals surface area contributed by atoms with Gasteiger partial charge in [-0.1, -0.05) is 72.8 Å².